The van der Waals surface area contributed by atoms with Gasteiger partial charge in [0, 0.05) is 18.2 Å². The van der Waals surface area contributed by atoms with E-state index in [2.05, 4.69) is 4.90 Å². The second-order valence-electron chi connectivity index (χ2n) is 11.8. The van der Waals surface area contributed by atoms with Crippen molar-refractivity contribution in [2.45, 2.75) is 38.0 Å². The molecule has 13 heteroatoms. The number of aliphatic hydroxyl groups excluding tert-OH is 1. The summed E-state index contributed by atoms with van der Waals surface area (Å²) < 4.78 is 45.0. The minimum Gasteiger partial charge on any atom is -0.502 e. The fourth-order valence-electron chi connectivity index (χ4n) is 6.64. The number of esters is 1. The SMILES string of the molecule is COC(=O)C[C@@H](c1ccc(OC)c(CO)c1)c1oc(CN2CCc3cc(OC)c(OC)cc3[C@@H]2c2cc(OC)c(OC)c(OC)c2)cc(=O)c1O. The van der Waals surface area contributed by atoms with Crippen molar-refractivity contribution in [3.8, 4) is 40.2 Å². The highest BCUT2D eigenvalue weighted by atomic mass is 16.5. The Balaban J connectivity index is 1.65. The molecular weight excluding hydrogens is 662 g/mol. The first-order valence-corrected chi connectivity index (χ1v) is 16.1. The Hall–Kier alpha value is -5.40. The largest absolute Gasteiger partial charge is 0.502 e. The summed E-state index contributed by atoms with van der Waals surface area (Å²) in [5.74, 6) is 0.946. The number of hydrogen-bond acceptors (Lipinski definition) is 13. The molecule has 2 atom stereocenters. The first kappa shape index (κ1) is 36.9. The molecule has 0 fully saturated rings. The van der Waals surface area contributed by atoms with Gasteiger partial charge in [-0.25, -0.2) is 0 Å². The van der Waals surface area contributed by atoms with Crippen LogP contribution in [0.5, 0.6) is 40.2 Å². The van der Waals surface area contributed by atoms with Gasteiger partial charge in [0.25, 0.3) is 0 Å². The molecule has 0 bridgehead atoms. The Labute approximate surface area is 295 Å². The molecule has 3 aromatic carbocycles. The van der Waals surface area contributed by atoms with Gasteiger partial charge < -0.3 is 47.8 Å². The minimum atomic E-state index is -0.925. The van der Waals surface area contributed by atoms with Crippen LogP contribution in [0.2, 0.25) is 0 Å². The first-order valence-electron chi connectivity index (χ1n) is 16.1. The Morgan fingerprint density at radius 1 is 0.843 bits per heavy atom. The van der Waals surface area contributed by atoms with Crippen LogP contribution < -0.4 is 33.8 Å². The molecule has 13 nitrogen and oxygen atoms in total. The van der Waals surface area contributed by atoms with E-state index >= 15 is 0 Å². The van der Waals surface area contributed by atoms with E-state index in [-0.39, 0.29) is 31.1 Å². The van der Waals surface area contributed by atoms with Gasteiger partial charge in [0.15, 0.2) is 28.8 Å². The smallest absolute Gasteiger partial charge is 0.306 e. The maximum absolute atomic E-state index is 13.4. The van der Waals surface area contributed by atoms with Crippen LogP contribution in [0, 0.1) is 0 Å². The number of aromatic hydroxyl groups is 1. The van der Waals surface area contributed by atoms with Crippen molar-refractivity contribution in [2.24, 2.45) is 0 Å². The number of carbonyl (C=O) groups is 1. The van der Waals surface area contributed by atoms with Gasteiger partial charge in [0.2, 0.25) is 16.9 Å². The van der Waals surface area contributed by atoms with E-state index in [1.807, 2.05) is 24.3 Å². The van der Waals surface area contributed by atoms with E-state index in [1.165, 1.54) is 27.4 Å². The second-order valence-corrected chi connectivity index (χ2v) is 11.8. The zero-order chi connectivity index (χ0) is 36.8. The topological polar surface area (TPSA) is 156 Å². The van der Waals surface area contributed by atoms with Gasteiger partial charge in [-0.05, 0) is 65.1 Å². The third kappa shape index (κ3) is 7.40. The third-order valence-corrected chi connectivity index (χ3v) is 9.13. The predicted octanol–water partition coefficient (Wildman–Crippen LogP) is 4.73. The van der Waals surface area contributed by atoms with Gasteiger partial charge in [-0.15, -0.1) is 0 Å². The molecule has 0 radical (unpaired) electrons. The zero-order valence-electron chi connectivity index (χ0n) is 29.7. The van der Waals surface area contributed by atoms with Gasteiger partial charge >= 0.3 is 5.97 Å². The van der Waals surface area contributed by atoms with Crippen molar-refractivity contribution in [2.75, 3.05) is 56.3 Å². The van der Waals surface area contributed by atoms with Gasteiger partial charge in [-0.2, -0.15) is 0 Å². The lowest BCUT2D eigenvalue weighted by molar-refractivity contribution is -0.140. The molecule has 1 aliphatic heterocycles. The molecule has 2 N–H and O–H groups in total. The van der Waals surface area contributed by atoms with Crippen molar-refractivity contribution < 1.29 is 52.6 Å². The standard InChI is InChI=1S/C38H43NO12/c1-44-29-9-8-21(12-24(29)20-40)27(18-34(42)49-6)37-36(43)28(41)16-25(51-37)19-39-11-10-22-13-30(45-2)31(46-3)17-26(22)35(39)23-14-32(47-4)38(50-7)33(15-23)48-5/h8-9,12-17,27,35,40,43H,10-11,18-20H2,1-7H3/t27-,35-/m0/s1. The molecule has 0 amide bonds. The summed E-state index contributed by atoms with van der Waals surface area (Å²) in [5.41, 5.74) is 3.04. The maximum atomic E-state index is 13.4. The molecule has 2 heterocycles. The first-order chi connectivity index (χ1) is 24.6. The lowest BCUT2D eigenvalue weighted by atomic mass is 9.87. The normalized spacial score (nSPS) is 14.6. The lowest BCUT2D eigenvalue weighted by Crippen LogP contribution is -2.36. The highest BCUT2D eigenvalue weighted by Gasteiger charge is 2.34. The molecule has 0 spiro atoms. The summed E-state index contributed by atoms with van der Waals surface area (Å²) in [6.07, 6.45) is 0.382. The number of ether oxygens (including phenoxy) is 7. The Morgan fingerprint density at radius 3 is 2.08 bits per heavy atom. The number of aliphatic hydroxyl groups is 1. The molecule has 1 aromatic heterocycles. The van der Waals surface area contributed by atoms with E-state index < -0.39 is 29.1 Å². The van der Waals surface area contributed by atoms with Crippen LogP contribution in [0.4, 0.5) is 0 Å². The number of fused-ring (bicyclic) bond motifs is 1. The summed E-state index contributed by atoms with van der Waals surface area (Å²) >= 11 is 0. The van der Waals surface area contributed by atoms with E-state index in [0.29, 0.717) is 58.6 Å². The minimum absolute atomic E-state index is 0.106. The molecule has 1 aliphatic rings. The van der Waals surface area contributed by atoms with Crippen molar-refractivity contribution >= 4 is 5.97 Å². The van der Waals surface area contributed by atoms with Gasteiger partial charge in [0.05, 0.1) is 81.3 Å². The van der Waals surface area contributed by atoms with Gasteiger partial charge in [-0.1, -0.05) is 6.07 Å². The van der Waals surface area contributed by atoms with Crippen LogP contribution >= 0.6 is 0 Å². The van der Waals surface area contributed by atoms with Crippen LogP contribution in [0.3, 0.4) is 0 Å². The molecule has 272 valence electrons. The third-order valence-electron chi connectivity index (χ3n) is 9.13. The number of methoxy groups -OCH3 is 7. The van der Waals surface area contributed by atoms with Crippen molar-refractivity contribution in [1.29, 1.82) is 0 Å². The van der Waals surface area contributed by atoms with E-state index in [9.17, 15) is 19.8 Å². The van der Waals surface area contributed by atoms with Crippen LogP contribution in [0.15, 0.2) is 57.7 Å². The molecule has 5 rings (SSSR count). The summed E-state index contributed by atoms with van der Waals surface area (Å²) in [7, 11) is 10.5. The van der Waals surface area contributed by atoms with Crippen LogP contribution in [-0.4, -0.2) is 77.4 Å². The van der Waals surface area contributed by atoms with E-state index in [0.717, 1.165) is 16.7 Å². The molecule has 4 aromatic rings. The Morgan fingerprint density at radius 2 is 1.49 bits per heavy atom. The summed E-state index contributed by atoms with van der Waals surface area (Å²) in [6.45, 7) is 0.327. The highest BCUT2D eigenvalue weighted by Crippen LogP contribution is 2.46. The molecular formula is C38H43NO12. The maximum Gasteiger partial charge on any atom is 0.306 e. The summed E-state index contributed by atoms with van der Waals surface area (Å²) in [4.78, 5) is 28.2. The lowest BCUT2D eigenvalue weighted by Gasteiger charge is -2.38. The van der Waals surface area contributed by atoms with Crippen molar-refractivity contribution in [3.63, 3.8) is 0 Å². The van der Waals surface area contributed by atoms with Crippen LogP contribution in [-0.2, 0) is 29.1 Å². The molecule has 51 heavy (non-hydrogen) atoms. The van der Waals surface area contributed by atoms with Crippen molar-refractivity contribution in [1.82, 2.24) is 4.90 Å². The van der Waals surface area contributed by atoms with Crippen LogP contribution in [0.1, 0.15) is 57.7 Å². The van der Waals surface area contributed by atoms with Crippen molar-refractivity contribution in [3.05, 3.63) is 98.1 Å². The Kier molecular flexibility index (Phi) is 11.6. The number of rotatable bonds is 14. The molecule has 0 unspecified atom stereocenters. The number of nitrogens with zero attached hydrogens (tertiary/aromatic N) is 1. The average Bonchev–Trinajstić information content (AvgIpc) is 3.16. The molecule has 0 aliphatic carbocycles. The second kappa shape index (κ2) is 16.1. The predicted molar refractivity (Wildman–Crippen MR) is 186 cm³/mol. The Bertz CT molecular complexity index is 1910. The van der Waals surface area contributed by atoms with Crippen LogP contribution in [0.25, 0.3) is 0 Å². The summed E-state index contributed by atoms with van der Waals surface area (Å²) in [5, 5.41) is 21.1. The van der Waals surface area contributed by atoms with E-state index in [1.54, 1.807) is 46.6 Å². The number of benzene rings is 3. The quantitative estimate of drug-likeness (QED) is 0.174. The zero-order valence-corrected chi connectivity index (χ0v) is 29.7. The fourth-order valence-corrected chi connectivity index (χ4v) is 6.64. The molecule has 0 saturated heterocycles. The average molecular weight is 706 g/mol. The monoisotopic (exact) mass is 705 g/mol. The number of carbonyl (C=O) groups excluding carboxylic acids is 1. The van der Waals surface area contributed by atoms with Gasteiger partial charge in [-0.3, -0.25) is 14.5 Å². The van der Waals surface area contributed by atoms with E-state index in [4.69, 9.17) is 37.6 Å². The fraction of sp³-hybridized carbons (Fsp3) is 0.368. The highest BCUT2D eigenvalue weighted by molar-refractivity contribution is 5.71. The number of hydrogen-bond donors (Lipinski definition) is 2. The molecule has 0 saturated carbocycles. The summed E-state index contributed by atoms with van der Waals surface area (Å²) in [6, 6.07) is 13.4. The van der Waals surface area contributed by atoms with Gasteiger partial charge in [0.1, 0.15) is 11.5 Å².